The molecule has 96 valence electrons. The van der Waals surface area contributed by atoms with Crippen LogP contribution < -0.4 is 5.32 Å². The number of hydrogen-bond donors (Lipinski definition) is 2. The van der Waals surface area contributed by atoms with Crippen LogP contribution in [-0.2, 0) is 0 Å². The molecule has 0 saturated heterocycles. The van der Waals surface area contributed by atoms with Crippen LogP contribution in [0.2, 0.25) is 0 Å². The van der Waals surface area contributed by atoms with E-state index in [1.165, 1.54) is 0 Å². The number of pyridine rings is 1. The first-order chi connectivity index (χ1) is 9.17. The molecule has 0 aliphatic rings. The predicted molar refractivity (Wildman–Crippen MR) is 73.9 cm³/mol. The lowest BCUT2D eigenvalue weighted by atomic mass is 10.2. The van der Waals surface area contributed by atoms with Gasteiger partial charge in [0.05, 0.1) is 16.9 Å². The first-order valence-electron chi connectivity index (χ1n) is 6.03. The van der Waals surface area contributed by atoms with Gasteiger partial charge >= 0.3 is 0 Å². The number of aromatic amines is 1. The Hall–Kier alpha value is -2.50. The largest absolute Gasteiger partial charge is 0.373 e. The quantitative estimate of drug-likeness (QED) is 0.732. The third kappa shape index (κ3) is 2.01. The minimum Gasteiger partial charge on any atom is -0.373 e. The van der Waals surface area contributed by atoms with Gasteiger partial charge in [0.2, 0.25) is 0 Å². The molecule has 0 amide bonds. The molecule has 0 bridgehead atoms. The van der Waals surface area contributed by atoms with E-state index in [1.54, 1.807) is 0 Å². The van der Waals surface area contributed by atoms with Gasteiger partial charge in [0, 0.05) is 12.6 Å². The summed E-state index contributed by atoms with van der Waals surface area (Å²) in [6, 6.07) is 5.84. The van der Waals surface area contributed by atoms with E-state index in [0.29, 0.717) is 5.65 Å². The van der Waals surface area contributed by atoms with Crippen LogP contribution in [0.1, 0.15) is 11.4 Å². The molecule has 0 fully saturated rings. The van der Waals surface area contributed by atoms with Crippen LogP contribution in [0, 0.1) is 13.8 Å². The number of aromatic nitrogens is 5. The highest BCUT2D eigenvalue weighted by molar-refractivity contribution is 5.77. The average molecular weight is 254 g/mol. The number of H-pyrrole nitrogens is 1. The predicted octanol–water partition coefficient (Wildman–Crippen LogP) is 2.07. The Labute approximate surface area is 110 Å². The Balaban J connectivity index is 2.17. The van der Waals surface area contributed by atoms with E-state index < -0.39 is 0 Å². The van der Waals surface area contributed by atoms with Gasteiger partial charge in [-0.2, -0.15) is 10.2 Å². The van der Waals surface area contributed by atoms with Crippen molar-refractivity contribution in [2.24, 2.45) is 0 Å². The molecule has 0 aromatic carbocycles. The van der Waals surface area contributed by atoms with Crippen LogP contribution in [0.15, 0.2) is 18.2 Å². The fraction of sp³-hybridized carbons (Fsp3) is 0.231. The molecule has 3 heterocycles. The van der Waals surface area contributed by atoms with Gasteiger partial charge in [0.1, 0.15) is 11.6 Å². The van der Waals surface area contributed by atoms with Gasteiger partial charge in [0.25, 0.3) is 0 Å². The highest BCUT2D eigenvalue weighted by atomic mass is 15.1. The topological polar surface area (TPSA) is 79.4 Å². The minimum atomic E-state index is 0.690. The van der Waals surface area contributed by atoms with Crippen molar-refractivity contribution >= 4 is 17.0 Å². The number of hydrogen-bond acceptors (Lipinski definition) is 5. The molecule has 0 radical (unpaired) electrons. The summed E-state index contributed by atoms with van der Waals surface area (Å²) < 4.78 is 0. The second kappa shape index (κ2) is 4.31. The second-order valence-electron chi connectivity index (χ2n) is 4.39. The number of aryl methyl sites for hydroxylation is 2. The number of imidazole rings is 1. The van der Waals surface area contributed by atoms with E-state index in [1.807, 2.05) is 39.1 Å². The Morgan fingerprint density at radius 2 is 1.95 bits per heavy atom. The SMILES string of the molecule is CNc1ccc2[nH]c(-c3cc(C)nnc3C)nc2n1. The molecule has 0 aliphatic carbocycles. The zero-order valence-electron chi connectivity index (χ0n) is 11.0. The monoisotopic (exact) mass is 254 g/mol. The summed E-state index contributed by atoms with van der Waals surface area (Å²) in [6.07, 6.45) is 0. The second-order valence-corrected chi connectivity index (χ2v) is 4.39. The average Bonchev–Trinajstić information content (AvgIpc) is 2.83. The van der Waals surface area contributed by atoms with Gasteiger partial charge in [-0.05, 0) is 32.0 Å². The lowest BCUT2D eigenvalue weighted by molar-refractivity contribution is 0.940. The fourth-order valence-corrected chi connectivity index (χ4v) is 1.95. The number of nitrogens with one attached hydrogen (secondary N) is 2. The van der Waals surface area contributed by atoms with E-state index >= 15 is 0 Å². The lowest BCUT2D eigenvalue weighted by Gasteiger charge is -2.00. The summed E-state index contributed by atoms with van der Waals surface area (Å²) in [7, 11) is 1.84. The molecule has 0 spiro atoms. The Morgan fingerprint density at radius 3 is 2.74 bits per heavy atom. The van der Waals surface area contributed by atoms with Gasteiger partial charge in [-0.1, -0.05) is 0 Å². The normalized spacial score (nSPS) is 10.9. The summed E-state index contributed by atoms with van der Waals surface area (Å²) in [4.78, 5) is 12.2. The van der Waals surface area contributed by atoms with Gasteiger partial charge < -0.3 is 10.3 Å². The maximum Gasteiger partial charge on any atom is 0.180 e. The lowest BCUT2D eigenvalue weighted by Crippen LogP contribution is -1.94. The molecule has 0 atom stereocenters. The molecular formula is C13H14N6. The van der Waals surface area contributed by atoms with Crippen LogP contribution >= 0.6 is 0 Å². The third-order valence-electron chi connectivity index (χ3n) is 2.96. The standard InChI is InChI=1S/C13H14N6/c1-7-6-9(8(2)19-18-7)12-15-10-4-5-11(14-3)16-13(10)17-12/h4-6H,1-3H3,(H2,14,15,16,17). The Bertz CT molecular complexity index is 746. The highest BCUT2D eigenvalue weighted by Gasteiger charge is 2.10. The molecule has 6 heteroatoms. The molecule has 3 aromatic rings. The number of rotatable bonds is 2. The third-order valence-corrected chi connectivity index (χ3v) is 2.96. The van der Waals surface area contributed by atoms with Crippen molar-refractivity contribution in [3.63, 3.8) is 0 Å². The molecule has 0 unspecified atom stereocenters. The van der Waals surface area contributed by atoms with Crippen LogP contribution in [0.25, 0.3) is 22.6 Å². The number of nitrogens with zero attached hydrogens (tertiary/aromatic N) is 4. The number of anilines is 1. The summed E-state index contributed by atoms with van der Waals surface area (Å²) in [5, 5.41) is 11.1. The van der Waals surface area contributed by atoms with Crippen LogP contribution in [0.3, 0.4) is 0 Å². The summed E-state index contributed by atoms with van der Waals surface area (Å²) in [5.41, 5.74) is 4.26. The first kappa shape index (κ1) is 11.6. The van der Waals surface area contributed by atoms with E-state index in [-0.39, 0.29) is 0 Å². The minimum absolute atomic E-state index is 0.690. The van der Waals surface area contributed by atoms with Crippen molar-refractivity contribution in [1.82, 2.24) is 25.1 Å². The molecule has 3 aromatic heterocycles. The van der Waals surface area contributed by atoms with E-state index in [9.17, 15) is 0 Å². The van der Waals surface area contributed by atoms with E-state index in [0.717, 1.165) is 34.1 Å². The van der Waals surface area contributed by atoms with Gasteiger partial charge in [-0.15, -0.1) is 0 Å². The van der Waals surface area contributed by atoms with Crippen molar-refractivity contribution in [3.8, 4) is 11.4 Å². The van der Waals surface area contributed by atoms with Crippen molar-refractivity contribution < 1.29 is 0 Å². The summed E-state index contributed by atoms with van der Waals surface area (Å²) in [5.74, 6) is 1.57. The smallest absolute Gasteiger partial charge is 0.180 e. The van der Waals surface area contributed by atoms with Crippen LogP contribution in [-0.4, -0.2) is 32.2 Å². The van der Waals surface area contributed by atoms with Crippen LogP contribution in [0.5, 0.6) is 0 Å². The van der Waals surface area contributed by atoms with Crippen molar-refractivity contribution in [2.45, 2.75) is 13.8 Å². The van der Waals surface area contributed by atoms with Gasteiger partial charge in [0.15, 0.2) is 5.65 Å². The van der Waals surface area contributed by atoms with E-state index in [4.69, 9.17) is 0 Å². The molecule has 19 heavy (non-hydrogen) atoms. The maximum atomic E-state index is 4.52. The van der Waals surface area contributed by atoms with Crippen molar-refractivity contribution in [3.05, 3.63) is 29.6 Å². The Kier molecular flexibility index (Phi) is 2.63. The fourth-order valence-electron chi connectivity index (χ4n) is 1.95. The zero-order chi connectivity index (χ0) is 13.4. The summed E-state index contributed by atoms with van der Waals surface area (Å²) >= 11 is 0. The maximum absolute atomic E-state index is 4.52. The van der Waals surface area contributed by atoms with Crippen molar-refractivity contribution in [1.29, 1.82) is 0 Å². The highest BCUT2D eigenvalue weighted by Crippen LogP contribution is 2.22. The zero-order valence-corrected chi connectivity index (χ0v) is 11.0. The molecule has 0 saturated carbocycles. The molecule has 3 rings (SSSR count). The molecule has 0 aliphatic heterocycles. The summed E-state index contributed by atoms with van der Waals surface area (Å²) in [6.45, 7) is 3.83. The molecule has 2 N–H and O–H groups in total. The van der Waals surface area contributed by atoms with E-state index in [2.05, 4.69) is 30.5 Å². The van der Waals surface area contributed by atoms with Gasteiger partial charge in [-0.3, -0.25) is 0 Å². The first-order valence-corrected chi connectivity index (χ1v) is 6.03. The van der Waals surface area contributed by atoms with Crippen LogP contribution in [0.4, 0.5) is 5.82 Å². The molecular weight excluding hydrogens is 240 g/mol. The Morgan fingerprint density at radius 1 is 1.11 bits per heavy atom. The molecule has 6 nitrogen and oxygen atoms in total. The van der Waals surface area contributed by atoms with Gasteiger partial charge in [-0.25, -0.2) is 9.97 Å². The van der Waals surface area contributed by atoms with Crippen molar-refractivity contribution in [2.75, 3.05) is 12.4 Å². The number of fused-ring (bicyclic) bond motifs is 1.